The van der Waals surface area contributed by atoms with Crippen LogP contribution in [0.3, 0.4) is 0 Å². The van der Waals surface area contributed by atoms with Crippen LogP contribution < -0.4 is 9.64 Å². The number of nitrogens with zero attached hydrogens (tertiary/aromatic N) is 2. The highest BCUT2D eigenvalue weighted by molar-refractivity contribution is 5.78. The fraction of sp³-hybridized carbons (Fsp3) is 0.250. The summed E-state index contributed by atoms with van der Waals surface area (Å²) in [6, 6.07) is 3.52. The zero-order valence-corrected chi connectivity index (χ0v) is 7.27. The Bertz CT molecular complexity index is 450. The molecule has 68 valence electrons. The van der Waals surface area contributed by atoms with Crippen molar-refractivity contribution in [1.29, 1.82) is 0 Å². The molecule has 0 N–H and O–H groups in total. The van der Waals surface area contributed by atoms with Gasteiger partial charge in [-0.05, 0) is 29.5 Å². The molecule has 0 saturated heterocycles. The summed E-state index contributed by atoms with van der Waals surface area (Å²) in [4.78, 5) is 0.341. The van der Waals surface area contributed by atoms with Crippen LogP contribution in [0.15, 0.2) is 16.8 Å². The molecule has 2 rings (SSSR count). The highest BCUT2D eigenvalue weighted by atomic mass is 16.8. The normalized spacial score (nSPS) is 10.6. The van der Waals surface area contributed by atoms with Gasteiger partial charge in [-0.15, -0.1) is 0 Å². The molecule has 1 heterocycles. The molecule has 0 bridgehead atoms. The molecule has 0 aliphatic rings. The third kappa shape index (κ3) is 1.09. The van der Waals surface area contributed by atoms with Crippen LogP contribution in [0.4, 0.5) is 0 Å². The number of aryl methyl sites for hydroxylation is 1. The number of fused-ring (bicyclic) bond motifs is 1. The maximum absolute atomic E-state index is 11.1. The summed E-state index contributed by atoms with van der Waals surface area (Å²) in [6.07, 6.45) is 0. The van der Waals surface area contributed by atoms with Gasteiger partial charge in [-0.1, -0.05) is 0 Å². The molecule has 13 heavy (non-hydrogen) atoms. The first-order chi connectivity index (χ1) is 6.22. The van der Waals surface area contributed by atoms with E-state index >= 15 is 0 Å². The van der Waals surface area contributed by atoms with Crippen molar-refractivity contribution in [3.63, 3.8) is 0 Å². The Balaban J connectivity index is 2.85. The predicted octanol–water partition coefficient (Wildman–Crippen LogP) is 0.778. The molecule has 2 aromatic rings. The summed E-state index contributed by atoms with van der Waals surface area (Å²) in [6.45, 7) is 1.89. The van der Waals surface area contributed by atoms with E-state index in [1.54, 1.807) is 12.1 Å². The van der Waals surface area contributed by atoms with Gasteiger partial charge in [-0.3, -0.25) is 4.63 Å². The van der Waals surface area contributed by atoms with E-state index in [1.807, 2.05) is 6.92 Å². The molecule has 0 atom stereocenters. The van der Waals surface area contributed by atoms with Crippen molar-refractivity contribution >= 4 is 11.0 Å². The Morgan fingerprint density at radius 3 is 3.00 bits per heavy atom. The summed E-state index contributed by atoms with van der Waals surface area (Å²) < 4.78 is 9.47. The summed E-state index contributed by atoms with van der Waals surface area (Å²) in [5, 5.41) is 14.7. The zero-order valence-electron chi connectivity index (χ0n) is 7.27. The topological polar surface area (TPSA) is 62.2 Å². The van der Waals surface area contributed by atoms with Gasteiger partial charge in [0.15, 0.2) is 5.75 Å². The second kappa shape index (κ2) is 2.62. The minimum Gasteiger partial charge on any atom is -0.492 e. The van der Waals surface area contributed by atoms with Crippen molar-refractivity contribution in [2.75, 3.05) is 7.11 Å². The lowest BCUT2D eigenvalue weighted by molar-refractivity contribution is -0.782. The van der Waals surface area contributed by atoms with E-state index in [0.717, 1.165) is 5.56 Å². The molecule has 0 unspecified atom stereocenters. The number of aromatic nitrogens is 2. The highest BCUT2D eigenvalue weighted by Gasteiger charge is 2.15. The van der Waals surface area contributed by atoms with E-state index in [4.69, 9.17) is 4.74 Å². The Morgan fingerprint density at radius 1 is 1.54 bits per heavy atom. The van der Waals surface area contributed by atoms with Crippen molar-refractivity contribution in [2.45, 2.75) is 6.92 Å². The van der Waals surface area contributed by atoms with Gasteiger partial charge in [0.25, 0.3) is 11.0 Å². The number of ether oxygens (including phenoxy) is 1. The maximum atomic E-state index is 11.1. The second-order valence-electron chi connectivity index (χ2n) is 2.76. The summed E-state index contributed by atoms with van der Waals surface area (Å²) >= 11 is 0. The van der Waals surface area contributed by atoms with Crippen LogP contribution in [0.25, 0.3) is 11.0 Å². The number of methoxy groups -OCH3 is 1. The quantitative estimate of drug-likeness (QED) is 0.608. The van der Waals surface area contributed by atoms with Gasteiger partial charge in [0, 0.05) is 5.16 Å². The minimum absolute atomic E-state index is 0.327. The monoisotopic (exact) mass is 180 g/mol. The van der Waals surface area contributed by atoms with Gasteiger partial charge in [0.05, 0.1) is 7.11 Å². The van der Waals surface area contributed by atoms with E-state index in [2.05, 4.69) is 9.79 Å². The molecule has 0 aliphatic heterocycles. The van der Waals surface area contributed by atoms with Gasteiger partial charge in [-0.25, -0.2) is 0 Å². The molecule has 0 radical (unpaired) electrons. The smallest absolute Gasteiger partial charge is 0.267 e. The number of hydrogen-bond donors (Lipinski definition) is 0. The van der Waals surface area contributed by atoms with E-state index in [0.29, 0.717) is 21.7 Å². The summed E-state index contributed by atoms with van der Waals surface area (Å²) in [5.74, 6) is 0.478. The molecule has 0 saturated carbocycles. The lowest BCUT2D eigenvalue weighted by atomic mass is 10.2. The third-order valence-electron chi connectivity index (χ3n) is 1.81. The predicted molar refractivity (Wildman–Crippen MR) is 44.3 cm³/mol. The van der Waals surface area contributed by atoms with Crippen LogP contribution in [0.2, 0.25) is 0 Å². The van der Waals surface area contributed by atoms with Crippen molar-refractivity contribution in [3.05, 3.63) is 22.9 Å². The Morgan fingerprint density at radius 2 is 2.31 bits per heavy atom. The number of rotatable bonds is 1. The van der Waals surface area contributed by atoms with E-state index < -0.39 is 0 Å². The van der Waals surface area contributed by atoms with Gasteiger partial charge in [0.2, 0.25) is 0 Å². The van der Waals surface area contributed by atoms with Crippen molar-refractivity contribution < 1.29 is 14.3 Å². The Hall–Kier alpha value is -1.78. The molecule has 0 spiro atoms. The molecular formula is C8H8N2O3. The molecule has 1 aromatic carbocycles. The van der Waals surface area contributed by atoms with Crippen LogP contribution >= 0.6 is 0 Å². The van der Waals surface area contributed by atoms with Crippen LogP contribution in [0.5, 0.6) is 5.75 Å². The van der Waals surface area contributed by atoms with Gasteiger partial charge < -0.3 is 9.94 Å². The first kappa shape index (κ1) is 7.85. The molecule has 5 heteroatoms. The van der Waals surface area contributed by atoms with Crippen molar-refractivity contribution in [2.24, 2.45) is 0 Å². The van der Waals surface area contributed by atoms with Gasteiger partial charge in [0.1, 0.15) is 0 Å². The highest BCUT2D eigenvalue weighted by Crippen LogP contribution is 2.22. The van der Waals surface area contributed by atoms with E-state index in [1.165, 1.54) is 7.11 Å². The average molecular weight is 180 g/mol. The standard InChI is InChI=1S/C8H8N2O3/c1-5-3-6-8(7(4-5)12-2)10(11)13-9-6/h3-4H,1-2H3. The first-order valence-corrected chi connectivity index (χ1v) is 3.76. The molecule has 0 aliphatic carbocycles. The van der Waals surface area contributed by atoms with Crippen LogP contribution in [0.1, 0.15) is 5.56 Å². The fourth-order valence-corrected chi connectivity index (χ4v) is 1.26. The molecule has 1 aromatic heterocycles. The minimum atomic E-state index is 0.327. The average Bonchev–Trinajstić information content (AvgIpc) is 2.46. The van der Waals surface area contributed by atoms with Crippen LogP contribution in [0, 0.1) is 12.1 Å². The molecule has 0 amide bonds. The Kier molecular flexibility index (Phi) is 1.58. The third-order valence-corrected chi connectivity index (χ3v) is 1.81. The van der Waals surface area contributed by atoms with E-state index in [-0.39, 0.29) is 0 Å². The second-order valence-corrected chi connectivity index (χ2v) is 2.76. The molecule has 5 nitrogen and oxygen atoms in total. The first-order valence-electron chi connectivity index (χ1n) is 3.76. The largest absolute Gasteiger partial charge is 0.492 e. The maximum Gasteiger partial charge on any atom is 0.267 e. The molecule has 0 fully saturated rings. The Labute approximate surface area is 74.1 Å². The van der Waals surface area contributed by atoms with Gasteiger partial charge in [-0.2, -0.15) is 0 Å². The van der Waals surface area contributed by atoms with Crippen LogP contribution in [-0.4, -0.2) is 12.3 Å². The van der Waals surface area contributed by atoms with Gasteiger partial charge >= 0.3 is 0 Å². The zero-order chi connectivity index (χ0) is 9.42. The van der Waals surface area contributed by atoms with Crippen LogP contribution in [-0.2, 0) is 0 Å². The fourth-order valence-electron chi connectivity index (χ4n) is 1.26. The van der Waals surface area contributed by atoms with Crippen molar-refractivity contribution in [3.8, 4) is 5.75 Å². The lowest BCUT2D eigenvalue weighted by Crippen LogP contribution is -2.23. The number of hydrogen-bond acceptors (Lipinski definition) is 4. The number of benzene rings is 1. The van der Waals surface area contributed by atoms with E-state index in [9.17, 15) is 5.21 Å². The lowest BCUT2D eigenvalue weighted by Gasteiger charge is -1.99. The molecular weight excluding hydrogens is 172 g/mol. The van der Waals surface area contributed by atoms with Crippen molar-refractivity contribution in [1.82, 2.24) is 5.16 Å². The SMILES string of the molecule is COc1cc(C)cc2no[n+]([O-])c12. The summed E-state index contributed by atoms with van der Waals surface area (Å²) in [5.41, 5.74) is 1.80. The summed E-state index contributed by atoms with van der Waals surface area (Å²) in [7, 11) is 1.50.